The molecule has 0 bridgehead atoms. The fourth-order valence-electron chi connectivity index (χ4n) is 2.65. The number of hydrogen-bond donors (Lipinski definition) is 2. The largest absolute Gasteiger partial charge is 0.459 e. The second-order valence-corrected chi connectivity index (χ2v) is 9.12. The van der Waals surface area contributed by atoms with E-state index in [9.17, 15) is 17.8 Å². The molecule has 144 valence electrons. The van der Waals surface area contributed by atoms with Gasteiger partial charge in [-0.15, -0.1) is 11.3 Å². The Hall–Kier alpha value is -1.55. The summed E-state index contributed by atoms with van der Waals surface area (Å²) in [6.07, 6.45) is 7.96. The van der Waals surface area contributed by atoms with Crippen LogP contribution in [0.5, 0.6) is 0 Å². The molecule has 0 saturated carbocycles. The highest BCUT2D eigenvalue weighted by Gasteiger charge is 2.51. The zero-order valence-corrected chi connectivity index (χ0v) is 16.9. The summed E-state index contributed by atoms with van der Waals surface area (Å²) >= 11 is 1.27. The SMILES string of the molecule is CCCc1csc(C2(C(=O)OC(C)(C)C)C=CC=CC2NS(=O)(=O)O)n1. The van der Waals surface area contributed by atoms with Crippen LogP contribution in [0.1, 0.15) is 44.8 Å². The van der Waals surface area contributed by atoms with Crippen molar-refractivity contribution >= 4 is 27.6 Å². The molecule has 1 aliphatic carbocycles. The van der Waals surface area contributed by atoms with E-state index in [1.54, 1.807) is 39.0 Å². The number of thiazole rings is 1. The standard InChI is InChI=1S/C17H24N2O5S2/c1-5-8-12-11-25-14(18-12)17(15(20)24-16(2,3)4)10-7-6-9-13(17)19-26(21,22)23/h6-7,9-11,13,19H,5,8H2,1-4H3,(H,21,22,23). The Morgan fingerprint density at radius 1 is 1.42 bits per heavy atom. The lowest BCUT2D eigenvalue weighted by Crippen LogP contribution is -2.55. The first-order chi connectivity index (χ1) is 12.0. The lowest BCUT2D eigenvalue weighted by atomic mass is 9.78. The number of aromatic nitrogens is 1. The fraction of sp³-hybridized carbons (Fsp3) is 0.529. The van der Waals surface area contributed by atoms with E-state index in [1.807, 2.05) is 12.3 Å². The maximum atomic E-state index is 13.1. The highest BCUT2D eigenvalue weighted by Crippen LogP contribution is 2.38. The van der Waals surface area contributed by atoms with E-state index in [2.05, 4.69) is 9.71 Å². The molecule has 0 saturated heterocycles. The van der Waals surface area contributed by atoms with E-state index in [0.29, 0.717) is 5.01 Å². The molecule has 0 fully saturated rings. The molecule has 1 heterocycles. The van der Waals surface area contributed by atoms with Crippen molar-refractivity contribution in [2.75, 3.05) is 0 Å². The molecule has 0 radical (unpaired) electrons. The van der Waals surface area contributed by atoms with Gasteiger partial charge >= 0.3 is 16.3 Å². The quantitative estimate of drug-likeness (QED) is 0.562. The van der Waals surface area contributed by atoms with Crippen LogP contribution in [0.3, 0.4) is 0 Å². The first-order valence-corrected chi connectivity index (χ1v) is 10.6. The molecule has 26 heavy (non-hydrogen) atoms. The van der Waals surface area contributed by atoms with E-state index in [1.165, 1.54) is 17.4 Å². The maximum Gasteiger partial charge on any atom is 0.333 e. The van der Waals surface area contributed by atoms with Gasteiger partial charge in [-0.3, -0.25) is 9.35 Å². The Balaban J connectivity index is 2.57. The third-order valence-electron chi connectivity index (χ3n) is 3.69. The Labute approximate surface area is 158 Å². The van der Waals surface area contributed by atoms with Crippen LogP contribution >= 0.6 is 11.3 Å². The molecule has 0 aliphatic heterocycles. The number of nitrogens with one attached hydrogen (secondary N) is 1. The Morgan fingerprint density at radius 3 is 2.69 bits per heavy atom. The normalized spacial score (nSPS) is 23.2. The summed E-state index contributed by atoms with van der Waals surface area (Å²) in [4.78, 5) is 17.7. The summed E-state index contributed by atoms with van der Waals surface area (Å²) < 4.78 is 39.9. The molecular formula is C17H24N2O5S2. The number of ether oxygens (including phenoxy) is 1. The highest BCUT2D eigenvalue weighted by molar-refractivity contribution is 7.83. The van der Waals surface area contributed by atoms with Crippen molar-refractivity contribution in [3.8, 4) is 0 Å². The molecule has 2 atom stereocenters. The van der Waals surface area contributed by atoms with E-state index >= 15 is 0 Å². The minimum atomic E-state index is -4.55. The lowest BCUT2D eigenvalue weighted by Gasteiger charge is -2.36. The van der Waals surface area contributed by atoms with Gasteiger partial charge < -0.3 is 4.74 Å². The van der Waals surface area contributed by atoms with Gasteiger partial charge in [-0.2, -0.15) is 13.1 Å². The Morgan fingerprint density at radius 2 is 2.12 bits per heavy atom. The van der Waals surface area contributed by atoms with Gasteiger partial charge in [-0.05, 0) is 27.2 Å². The minimum Gasteiger partial charge on any atom is -0.459 e. The predicted octanol–water partition coefficient (Wildman–Crippen LogP) is 2.56. The predicted molar refractivity (Wildman–Crippen MR) is 100 cm³/mol. The van der Waals surface area contributed by atoms with Crippen LogP contribution in [0.25, 0.3) is 0 Å². The molecule has 9 heteroatoms. The van der Waals surface area contributed by atoms with Crippen molar-refractivity contribution in [1.82, 2.24) is 9.71 Å². The number of esters is 1. The van der Waals surface area contributed by atoms with Crippen molar-refractivity contribution in [2.24, 2.45) is 0 Å². The van der Waals surface area contributed by atoms with Crippen LogP contribution in [0.2, 0.25) is 0 Å². The van der Waals surface area contributed by atoms with Gasteiger partial charge in [0.25, 0.3) is 0 Å². The van der Waals surface area contributed by atoms with E-state index in [-0.39, 0.29) is 0 Å². The first-order valence-electron chi connectivity index (χ1n) is 8.27. The molecule has 0 amide bonds. The smallest absolute Gasteiger partial charge is 0.333 e. The van der Waals surface area contributed by atoms with E-state index in [4.69, 9.17) is 4.74 Å². The molecule has 2 rings (SSSR count). The van der Waals surface area contributed by atoms with Gasteiger partial charge in [0.2, 0.25) is 0 Å². The molecule has 1 aromatic heterocycles. The van der Waals surface area contributed by atoms with Gasteiger partial charge in [0.15, 0.2) is 5.41 Å². The number of carbonyl (C=O) groups excluding carboxylic acids is 1. The van der Waals surface area contributed by atoms with Gasteiger partial charge in [-0.25, -0.2) is 4.98 Å². The molecular weight excluding hydrogens is 376 g/mol. The summed E-state index contributed by atoms with van der Waals surface area (Å²) in [6.45, 7) is 7.22. The monoisotopic (exact) mass is 400 g/mol. The molecule has 1 aromatic rings. The van der Waals surface area contributed by atoms with Crippen molar-refractivity contribution < 1.29 is 22.5 Å². The number of nitrogens with zero attached hydrogens (tertiary/aromatic N) is 1. The van der Waals surface area contributed by atoms with Gasteiger partial charge in [0.1, 0.15) is 10.6 Å². The van der Waals surface area contributed by atoms with Gasteiger partial charge in [-0.1, -0.05) is 37.6 Å². The van der Waals surface area contributed by atoms with Crippen LogP contribution in [0.15, 0.2) is 29.7 Å². The minimum absolute atomic E-state index is 0.414. The van der Waals surface area contributed by atoms with Crippen molar-refractivity contribution in [3.05, 3.63) is 40.4 Å². The summed E-state index contributed by atoms with van der Waals surface area (Å²) in [5.74, 6) is -0.635. The number of carbonyl (C=O) groups is 1. The zero-order chi connectivity index (χ0) is 19.6. The summed E-state index contributed by atoms with van der Waals surface area (Å²) in [6, 6.07) is -1.06. The molecule has 7 nitrogen and oxygen atoms in total. The van der Waals surface area contributed by atoms with Crippen molar-refractivity contribution in [3.63, 3.8) is 0 Å². The molecule has 0 spiro atoms. The number of aryl methyl sites for hydroxylation is 1. The summed E-state index contributed by atoms with van der Waals surface area (Å²) in [5, 5.41) is 2.26. The topological polar surface area (TPSA) is 106 Å². The van der Waals surface area contributed by atoms with Crippen LogP contribution in [-0.4, -0.2) is 35.6 Å². The third kappa shape index (κ3) is 4.79. The fourth-order valence-corrected chi connectivity index (χ4v) is 4.29. The Bertz CT molecular complexity index is 820. The molecule has 1 aliphatic rings. The Kier molecular flexibility index (Phi) is 6.06. The molecule has 0 aromatic carbocycles. The van der Waals surface area contributed by atoms with E-state index < -0.39 is 33.3 Å². The van der Waals surface area contributed by atoms with Crippen LogP contribution in [0, 0.1) is 0 Å². The van der Waals surface area contributed by atoms with Crippen LogP contribution < -0.4 is 4.72 Å². The maximum absolute atomic E-state index is 13.1. The number of hydrogen-bond acceptors (Lipinski definition) is 6. The third-order valence-corrected chi connectivity index (χ3v) is 5.28. The van der Waals surface area contributed by atoms with Gasteiger partial charge in [0, 0.05) is 5.38 Å². The zero-order valence-electron chi connectivity index (χ0n) is 15.2. The summed E-state index contributed by atoms with van der Waals surface area (Å²) in [7, 11) is -4.55. The number of rotatable bonds is 6. The number of allylic oxidation sites excluding steroid dienone is 2. The lowest BCUT2D eigenvalue weighted by molar-refractivity contribution is -0.160. The molecule has 2 unspecified atom stereocenters. The summed E-state index contributed by atoms with van der Waals surface area (Å²) in [5.41, 5.74) is -1.44. The average Bonchev–Trinajstić information content (AvgIpc) is 2.93. The van der Waals surface area contributed by atoms with Crippen molar-refractivity contribution in [1.29, 1.82) is 0 Å². The van der Waals surface area contributed by atoms with Crippen LogP contribution in [0.4, 0.5) is 0 Å². The van der Waals surface area contributed by atoms with Crippen LogP contribution in [-0.2, 0) is 31.7 Å². The second-order valence-electron chi connectivity index (χ2n) is 7.08. The highest BCUT2D eigenvalue weighted by atomic mass is 32.2. The second kappa shape index (κ2) is 7.59. The average molecular weight is 401 g/mol. The first kappa shape index (κ1) is 20.8. The van der Waals surface area contributed by atoms with Crippen molar-refractivity contribution in [2.45, 2.75) is 57.6 Å². The van der Waals surface area contributed by atoms with Gasteiger partial charge in [0.05, 0.1) is 11.7 Å². The molecule has 2 N–H and O–H groups in total. The van der Waals surface area contributed by atoms with E-state index in [0.717, 1.165) is 18.5 Å².